The maximum atomic E-state index is 14.4. The van der Waals surface area contributed by atoms with Crippen molar-refractivity contribution in [2.75, 3.05) is 13.6 Å². The molecule has 224 valence electrons. The molecule has 0 saturated carbocycles. The summed E-state index contributed by atoms with van der Waals surface area (Å²) < 4.78 is 14.4. The van der Waals surface area contributed by atoms with Gasteiger partial charge in [-0.3, -0.25) is 19.2 Å². The summed E-state index contributed by atoms with van der Waals surface area (Å²) in [6.45, 7) is 8.80. The Morgan fingerprint density at radius 3 is 2.62 bits per heavy atom. The lowest BCUT2D eigenvalue weighted by molar-refractivity contribution is -0.139. The molecule has 2 aromatic rings. The number of likely N-dealkylation sites (N-methyl/N-ethyl adjacent to an activating group) is 1. The summed E-state index contributed by atoms with van der Waals surface area (Å²) in [5.41, 5.74) is 2.59. The average Bonchev–Trinajstić information content (AvgIpc) is 3.40. The molecule has 1 aromatic heterocycles. The molecule has 0 radical (unpaired) electrons. The first-order chi connectivity index (χ1) is 19.8. The van der Waals surface area contributed by atoms with E-state index in [0.717, 1.165) is 11.1 Å². The second kappa shape index (κ2) is 12.4. The smallest absolute Gasteiger partial charge is 0.267 e. The van der Waals surface area contributed by atoms with Crippen molar-refractivity contribution < 1.29 is 18.8 Å². The Hall–Kier alpha value is -4.08. The van der Waals surface area contributed by atoms with Crippen molar-refractivity contribution in [3.63, 3.8) is 0 Å². The Labute approximate surface area is 245 Å². The Bertz CT molecular complexity index is 1500. The quantitative estimate of drug-likeness (QED) is 0.496. The molecule has 2 heterocycles. The Morgan fingerprint density at radius 2 is 1.95 bits per heavy atom. The van der Waals surface area contributed by atoms with Crippen molar-refractivity contribution in [1.29, 1.82) is 0 Å². The van der Waals surface area contributed by atoms with Gasteiger partial charge in [-0.2, -0.15) is 5.10 Å². The highest BCUT2D eigenvalue weighted by Gasteiger charge is 2.48. The highest BCUT2D eigenvalue weighted by atomic mass is 19.1. The van der Waals surface area contributed by atoms with E-state index in [4.69, 9.17) is 0 Å². The molecular formula is C32H40FN5O4. The molecule has 3 amide bonds. The third-order valence-corrected chi connectivity index (χ3v) is 8.84. The number of nitrogens with one attached hydrogen (secondary N) is 2. The summed E-state index contributed by atoms with van der Waals surface area (Å²) >= 11 is 0. The second-order valence-electron chi connectivity index (χ2n) is 11.8. The van der Waals surface area contributed by atoms with Crippen molar-refractivity contribution in [1.82, 2.24) is 25.3 Å². The van der Waals surface area contributed by atoms with E-state index >= 15 is 0 Å². The standard InChI is InChI=1S/C32H40FN5O4/c1-19-14-24(10-9-23(19)16-25-15-20(2)35-36-31(25)42)30(41)34-18-29(40)38-27(21(3)37(6)22(4)39)11-12-28(38)32(5)13-7-8-26(33)17-32/h7-10,14-15,17,21,27-28H,11-13,16,18H2,1-6H3,(H,34,41)(H,36,42)/t21-,27+,28-,32?/m0/s1. The first-order valence-corrected chi connectivity index (χ1v) is 14.3. The van der Waals surface area contributed by atoms with E-state index in [9.17, 15) is 23.6 Å². The summed E-state index contributed by atoms with van der Waals surface area (Å²) in [6, 6.07) is 6.17. The molecule has 9 nitrogen and oxygen atoms in total. The van der Waals surface area contributed by atoms with E-state index in [-0.39, 0.29) is 47.9 Å². The Morgan fingerprint density at radius 1 is 1.21 bits per heavy atom. The van der Waals surface area contributed by atoms with E-state index < -0.39 is 11.3 Å². The fourth-order valence-electron chi connectivity index (χ4n) is 6.22. The van der Waals surface area contributed by atoms with Crippen molar-refractivity contribution in [3.05, 3.63) is 86.6 Å². The average molecular weight is 578 g/mol. The first kappa shape index (κ1) is 30.9. The highest BCUT2D eigenvalue weighted by molar-refractivity contribution is 5.96. The minimum absolute atomic E-state index is 0.105. The largest absolute Gasteiger partial charge is 0.343 e. The summed E-state index contributed by atoms with van der Waals surface area (Å²) in [5.74, 6) is -1.10. The predicted octanol–water partition coefficient (Wildman–Crippen LogP) is 3.75. The molecule has 42 heavy (non-hydrogen) atoms. The van der Waals surface area contributed by atoms with Crippen LogP contribution in [0.1, 0.15) is 72.8 Å². The van der Waals surface area contributed by atoms with E-state index in [2.05, 4.69) is 15.5 Å². The lowest BCUT2D eigenvalue weighted by Crippen LogP contribution is -2.56. The minimum Gasteiger partial charge on any atom is -0.343 e. The van der Waals surface area contributed by atoms with Crippen LogP contribution in [0.25, 0.3) is 0 Å². The van der Waals surface area contributed by atoms with Crippen molar-refractivity contribution >= 4 is 17.7 Å². The number of allylic oxidation sites excluding steroid dienone is 3. The summed E-state index contributed by atoms with van der Waals surface area (Å²) in [6.07, 6.45) is 7.13. The fourth-order valence-corrected chi connectivity index (χ4v) is 6.22. The molecule has 1 fully saturated rings. The van der Waals surface area contributed by atoms with E-state index in [1.807, 2.05) is 26.8 Å². The number of aryl methyl sites for hydroxylation is 2. The van der Waals surface area contributed by atoms with Crippen LogP contribution in [0.3, 0.4) is 0 Å². The molecule has 1 saturated heterocycles. The van der Waals surface area contributed by atoms with E-state index in [1.54, 1.807) is 54.1 Å². The molecule has 1 aromatic carbocycles. The van der Waals surface area contributed by atoms with Gasteiger partial charge < -0.3 is 15.1 Å². The van der Waals surface area contributed by atoms with Crippen LogP contribution in [-0.2, 0) is 16.0 Å². The number of carbonyl (C=O) groups is 3. The normalized spacial score (nSPS) is 22.5. The lowest BCUT2D eigenvalue weighted by Gasteiger charge is -2.43. The lowest BCUT2D eigenvalue weighted by atomic mass is 9.75. The molecule has 10 heteroatoms. The number of aromatic amines is 1. The zero-order valence-electron chi connectivity index (χ0n) is 25.2. The molecule has 4 rings (SSSR count). The van der Waals surface area contributed by atoms with Crippen LogP contribution in [0, 0.1) is 19.3 Å². The number of carbonyl (C=O) groups excluding carboxylic acids is 3. The molecule has 2 N–H and O–H groups in total. The van der Waals surface area contributed by atoms with Crippen LogP contribution in [0.15, 0.2) is 53.1 Å². The zero-order chi connectivity index (χ0) is 30.8. The van der Waals surface area contributed by atoms with Crippen LogP contribution in [-0.4, -0.2) is 69.4 Å². The number of H-pyrrole nitrogens is 1. The van der Waals surface area contributed by atoms with Gasteiger partial charge in [0, 0.05) is 49.0 Å². The van der Waals surface area contributed by atoms with E-state index in [1.165, 1.54) is 13.0 Å². The minimum atomic E-state index is -0.607. The second-order valence-corrected chi connectivity index (χ2v) is 11.8. The molecule has 0 bridgehead atoms. The van der Waals surface area contributed by atoms with Gasteiger partial charge in [0.1, 0.15) is 5.83 Å². The number of aromatic nitrogens is 2. The van der Waals surface area contributed by atoms with Gasteiger partial charge in [0.2, 0.25) is 11.8 Å². The molecule has 1 unspecified atom stereocenters. The maximum Gasteiger partial charge on any atom is 0.267 e. The van der Waals surface area contributed by atoms with Gasteiger partial charge in [0.05, 0.1) is 18.3 Å². The number of nitrogens with zero attached hydrogens (tertiary/aromatic N) is 3. The van der Waals surface area contributed by atoms with Gasteiger partial charge in [-0.05, 0) is 81.5 Å². The third kappa shape index (κ3) is 6.53. The molecule has 4 atom stereocenters. The highest BCUT2D eigenvalue weighted by Crippen LogP contribution is 2.44. The fraction of sp³-hybridized carbons (Fsp3) is 0.469. The van der Waals surface area contributed by atoms with Crippen LogP contribution in [0.4, 0.5) is 4.39 Å². The molecule has 1 aliphatic carbocycles. The number of benzene rings is 1. The third-order valence-electron chi connectivity index (χ3n) is 8.84. The van der Waals surface area contributed by atoms with E-state index in [0.29, 0.717) is 42.5 Å². The maximum absolute atomic E-state index is 14.4. The first-order valence-electron chi connectivity index (χ1n) is 14.3. The summed E-state index contributed by atoms with van der Waals surface area (Å²) in [5, 5.41) is 9.17. The van der Waals surface area contributed by atoms with Crippen molar-refractivity contribution in [2.45, 2.75) is 78.4 Å². The van der Waals surface area contributed by atoms with Gasteiger partial charge >= 0.3 is 0 Å². The number of hydrogen-bond acceptors (Lipinski definition) is 5. The number of hydrogen-bond donors (Lipinski definition) is 2. The van der Waals surface area contributed by atoms with Gasteiger partial charge in [-0.1, -0.05) is 19.1 Å². The Kier molecular flexibility index (Phi) is 9.13. The monoisotopic (exact) mass is 577 g/mol. The molecule has 1 aliphatic heterocycles. The number of halogens is 1. The SMILES string of the molecule is CC(=O)N(C)[C@@H](C)[C@H]1CC[C@@H](C2(C)C=C(F)C=CC2)N1C(=O)CNC(=O)c1ccc(Cc2cc(C)n[nH]c2=O)c(C)c1. The number of rotatable bonds is 8. The van der Waals surface area contributed by atoms with Gasteiger partial charge in [-0.15, -0.1) is 0 Å². The molecular weight excluding hydrogens is 537 g/mol. The van der Waals surface area contributed by atoms with Gasteiger partial charge in [0.25, 0.3) is 11.5 Å². The van der Waals surface area contributed by atoms with Crippen LogP contribution >= 0.6 is 0 Å². The summed E-state index contributed by atoms with van der Waals surface area (Å²) in [7, 11) is 1.72. The zero-order valence-corrected chi connectivity index (χ0v) is 25.2. The van der Waals surface area contributed by atoms with Crippen LogP contribution in [0.5, 0.6) is 0 Å². The van der Waals surface area contributed by atoms with Crippen molar-refractivity contribution in [3.8, 4) is 0 Å². The number of amides is 3. The predicted molar refractivity (Wildman–Crippen MR) is 159 cm³/mol. The topological polar surface area (TPSA) is 115 Å². The summed E-state index contributed by atoms with van der Waals surface area (Å²) in [4.78, 5) is 54.6. The Balaban J connectivity index is 1.50. The van der Waals surface area contributed by atoms with Crippen LogP contribution in [0.2, 0.25) is 0 Å². The molecule has 0 spiro atoms. The van der Waals surface area contributed by atoms with Crippen LogP contribution < -0.4 is 10.9 Å². The van der Waals surface area contributed by atoms with Crippen molar-refractivity contribution in [2.24, 2.45) is 5.41 Å². The van der Waals surface area contributed by atoms with Gasteiger partial charge in [0.15, 0.2) is 0 Å². The van der Waals surface area contributed by atoms with Gasteiger partial charge in [-0.25, -0.2) is 9.49 Å². The number of likely N-dealkylation sites (tertiary alicyclic amines) is 1. The molecule has 2 aliphatic rings.